The minimum absolute atomic E-state index is 0.248. The van der Waals surface area contributed by atoms with E-state index < -0.39 is 0 Å². The Morgan fingerprint density at radius 3 is 2.83 bits per heavy atom. The average molecular weight is 169 g/mol. The van der Waals surface area contributed by atoms with Gasteiger partial charge in [-0.25, -0.2) is 4.98 Å². The molecule has 4 nitrogen and oxygen atoms in total. The SMILES string of the molecule is CN(C)C(CCN)c1cnco1. The van der Waals surface area contributed by atoms with Crippen molar-refractivity contribution in [3.05, 3.63) is 18.4 Å². The zero-order chi connectivity index (χ0) is 8.97. The van der Waals surface area contributed by atoms with E-state index in [9.17, 15) is 0 Å². The van der Waals surface area contributed by atoms with Crippen LogP contribution < -0.4 is 5.73 Å². The van der Waals surface area contributed by atoms with Crippen molar-refractivity contribution in [1.82, 2.24) is 9.88 Å². The maximum atomic E-state index is 5.48. The third-order valence-corrected chi connectivity index (χ3v) is 1.84. The van der Waals surface area contributed by atoms with Crippen molar-refractivity contribution in [2.75, 3.05) is 20.6 Å². The Morgan fingerprint density at radius 2 is 2.42 bits per heavy atom. The maximum absolute atomic E-state index is 5.48. The molecule has 0 aromatic carbocycles. The van der Waals surface area contributed by atoms with E-state index in [1.54, 1.807) is 6.20 Å². The predicted molar refractivity (Wildman–Crippen MR) is 46.6 cm³/mol. The lowest BCUT2D eigenvalue weighted by Gasteiger charge is -2.20. The van der Waals surface area contributed by atoms with Gasteiger partial charge in [0.25, 0.3) is 0 Å². The second-order valence-corrected chi connectivity index (χ2v) is 2.96. The van der Waals surface area contributed by atoms with Gasteiger partial charge in [0.05, 0.1) is 12.2 Å². The van der Waals surface area contributed by atoms with Crippen LogP contribution >= 0.6 is 0 Å². The summed E-state index contributed by atoms with van der Waals surface area (Å²) in [5, 5.41) is 0. The average Bonchev–Trinajstić information content (AvgIpc) is 2.51. The number of nitrogens with zero attached hydrogens (tertiary/aromatic N) is 2. The number of aromatic nitrogens is 1. The van der Waals surface area contributed by atoms with E-state index in [-0.39, 0.29) is 6.04 Å². The molecule has 0 spiro atoms. The van der Waals surface area contributed by atoms with Crippen molar-refractivity contribution in [2.24, 2.45) is 5.73 Å². The van der Waals surface area contributed by atoms with Crippen molar-refractivity contribution >= 4 is 0 Å². The van der Waals surface area contributed by atoms with Gasteiger partial charge in [0.15, 0.2) is 6.39 Å². The molecular weight excluding hydrogens is 154 g/mol. The van der Waals surface area contributed by atoms with Gasteiger partial charge in [-0.05, 0) is 27.1 Å². The minimum atomic E-state index is 0.248. The van der Waals surface area contributed by atoms with Crippen LogP contribution in [0.3, 0.4) is 0 Å². The van der Waals surface area contributed by atoms with Crippen LogP contribution in [0.2, 0.25) is 0 Å². The van der Waals surface area contributed by atoms with Crippen molar-refractivity contribution in [1.29, 1.82) is 0 Å². The van der Waals surface area contributed by atoms with E-state index in [1.165, 1.54) is 6.39 Å². The minimum Gasteiger partial charge on any atom is -0.447 e. The van der Waals surface area contributed by atoms with E-state index in [0.717, 1.165) is 12.2 Å². The van der Waals surface area contributed by atoms with Gasteiger partial charge in [0.1, 0.15) is 5.76 Å². The lowest BCUT2D eigenvalue weighted by molar-refractivity contribution is 0.248. The summed E-state index contributed by atoms with van der Waals surface area (Å²) in [6.45, 7) is 0.656. The first-order valence-corrected chi connectivity index (χ1v) is 4.00. The van der Waals surface area contributed by atoms with Gasteiger partial charge in [0, 0.05) is 0 Å². The molecule has 1 unspecified atom stereocenters. The van der Waals surface area contributed by atoms with E-state index in [4.69, 9.17) is 10.2 Å². The Bertz CT molecular complexity index is 208. The van der Waals surface area contributed by atoms with Gasteiger partial charge in [-0.2, -0.15) is 0 Å². The molecular formula is C8H15N3O. The van der Waals surface area contributed by atoms with Gasteiger partial charge in [-0.15, -0.1) is 0 Å². The Hall–Kier alpha value is -0.870. The molecule has 1 aromatic rings. The molecule has 68 valence electrons. The molecule has 0 saturated carbocycles. The van der Waals surface area contributed by atoms with Crippen molar-refractivity contribution in [3.63, 3.8) is 0 Å². The van der Waals surface area contributed by atoms with Gasteiger partial charge < -0.3 is 10.2 Å². The molecule has 1 atom stereocenters. The molecule has 0 aliphatic rings. The summed E-state index contributed by atoms with van der Waals surface area (Å²) in [4.78, 5) is 5.95. The van der Waals surface area contributed by atoms with Crippen LogP contribution in [0.25, 0.3) is 0 Å². The fourth-order valence-corrected chi connectivity index (χ4v) is 1.20. The Labute approximate surface area is 72.4 Å². The number of hydrogen-bond donors (Lipinski definition) is 1. The number of hydrogen-bond acceptors (Lipinski definition) is 4. The van der Waals surface area contributed by atoms with Crippen LogP contribution in [-0.4, -0.2) is 30.5 Å². The van der Waals surface area contributed by atoms with Crippen LogP contribution in [0.4, 0.5) is 0 Å². The summed E-state index contributed by atoms with van der Waals surface area (Å²) in [5.41, 5.74) is 5.48. The fourth-order valence-electron chi connectivity index (χ4n) is 1.20. The molecule has 0 saturated heterocycles. The van der Waals surface area contributed by atoms with Crippen LogP contribution in [0.15, 0.2) is 17.0 Å². The summed E-state index contributed by atoms with van der Waals surface area (Å²) < 4.78 is 5.20. The normalized spacial score (nSPS) is 13.7. The quantitative estimate of drug-likeness (QED) is 0.718. The molecule has 2 N–H and O–H groups in total. The Kier molecular flexibility index (Phi) is 3.25. The third-order valence-electron chi connectivity index (χ3n) is 1.84. The summed E-state index contributed by atoms with van der Waals surface area (Å²) in [6.07, 6.45) is 4.07. The molecule has 1 aromatic heterocycles. The zero-order valence-corrected chi connectivity index (χ0v) is 7.53. The highest BCUT2D eigenvalue weighted by Crippen LogP contribution is 2.19. The highest BCUT2D eigenvalue weighted by molar-refractivity contribution is 4.97. The van der Waals surface area contributed by atoms with Gasteiger partial charge in [-0.3, -0.25) is 4.90 Å². The summed E-state index contributed by atoms with van der Waals surface area (Å²) >= 11 is 0. The molecule has 1 heterocycles. The summed E-state index contributed by atoms with van der Waals surface area (Å²) in [5.74, 6) is 0.880. The van der Waals surface area contributed by atoms with Crippen LogP contribution in [0, 0.1) is 0 Å². The molecule has 4 heteroatoms. The Balaban J connectivity index is 2.66. The molecule has 0 aliphatic heterocycles. The second kappa shape index (κ2) is 4.23. The third kappa shape index (κ3) is 2.06. The lowest BCUT2D eigenvalue weighted by atomic mass is 10.1. The van der Waals surface area contributed by atoms with Crippen molar-refractivity contribution in [3.8, 4) is 0 Å². The van der Waals surface area contributed by atoms with Crippen LogP contribution in [-0.2, 0) is 0 Å². The van der Waals surface area contributed by atoms with Crippen molar-refractivity contribution in [2.45, 2.75) is 12.5 Å². The molecule has 0 radical (unpaired) electrons. The first-order chi connectivity index (χ1) is 5.75. The molecule has 0 bridgehead atoms. The van der Waals surface area contributed by atoms with Gasteiger partial charge in [-0.1, -0.05) is 0 Å². The highest BCUT2D eigenvalue weighted by Gasteiger charge is 2.15. The standard InChI is InChI=1S/C8H15N3O/c1-11(2)7(3-4-9)8-5-10-6-12-8/h5-7H,3-4,9H2,1-2H3. The number of nitrogens with two attached hydrogens (primary N) is 1. The van der Waals surface area contributed by atoms with Gasteiger partial charge in [0.2, 0.25) is 0 Å². The summed E-state index contributed by atoms with van der Waals surface area (Å²) in [7, 11) is 4.01. The number of oxazole rings is 1. The zero-order valence-electron chi connectivity index (χ0n) is 7.53. The largest absolute Gasteiger partial charge is 0.447 e. The smallest absolute Gasteiger partial charge is 0.180 e. The Morgan fingerprint density at radius 1 is 1.67 bits per heavy atom. The van der Waals surface area contributed by atoms with E-state index in [1.807, 2.05) is 14.1 Å². The number of rotatable bonds is 4. The predicted octanol–water partition coefficient (Wildman–Crippen LogP) is 0.626. The summed E-state index contributed by atoms with van der Waals surface area (Å²) in [6, 6.07) is 0.248. The van der Waals surface area contributed by atoms with Crippen LogP contribution in [0.1, 0.15) is 18.2 Å². The lowest BCUT2D eigenvalue weighted by Crippen LogP contribution is -2.22. The second-order valence-electron chi connectivity index (χ2n) is 2.96. The fraction of sp³-hybridized carbons (Fsp3) is 0.625. The van der Waals surface area contributed by atoms with Crippen molar-refractivity contribution < 1.29 is 4.42 Å². The van der Waals surface area contributed by atoms with Gasteiger partial charge >= 0.3 is 0 Å². The first kappa shape index (κ1) is 9.22. The maximum Gasteiger partial charge on any atom is 0.180 e. The molecule has 0 amide bonds. The molecule has 1 rings (SSSR count). The monoisotopic (exact) mass is 169 g/mol. The highest BCUT2D eigenvalue weighted by atomic mass is 16.3. The molecule has 12 heavy (non-hydrogen) atoms. The van der Waals surface area contributed by atoms with E-state index in [0.29, 0.717) is 6.54 Å². The molecule has 0 fully saturated rings. The first-order valence-electron chi connectivity index (χ1n) is 4.00. The van der Waals surface area contributed by atoms with E-state index >= 15 is 0 Å². The van der Waals surface area contributed by atoms with Crippen LogP contribution in [0.5, 0.6) is 0 Å². The topological polar surface area (TPSA) is 55.3 Å². The van der Waals surface area contributed by atoms with E-state index in [2.05, 4.69) is 9.88 Å². The molecule has 0 aliphatic carbocycles.